The zero-order chi connectivity index (χ0) is 20.1. The van der Waals surface area contributed by atoms with E-state index in [2.05, 4.69) is 5.32 Å². The highest BCUT2D eigenvalue weighted by Gasteiger charge is 2.28. The van der Waals surface area contributed by atoms with Gasteiger partial charge in [0.1, 0.15) is 5.56 Å². The number of carbonyl (C=O) groups is 2. The number of piperazine rings is 1. The largest absolute Gasteiger partial charge is 0.336 e. The molecule has 2 aromatic rings. The van der Waals surface area contributed by atoms with Crippen LogP contribution in [0.3, 0.4) is 0 Å². The summed E-state index contributed by atoms with van der Waals surface area (Å²) < 4.78 is 0. The zero-order valence-electron chi connectivity index (χ0n) is 15.0. The number of rotatable bonds is 5. The van der Waals surface area contributed by atoms with Crippen LogP contribution in [0, 0.1) is 10.1 Å². The van der Waals surface area contributed by atoms with Crippen molar-refractivity contribution in [3.05, 3.63) is 69.2 Å². The second-order valence-electron chi connectivity index (χ2n) is 6.40. The van der Waals surface area contributed by atoms with Crippen molar-refractivity contribution in [2.45, 2.75) is 0 Å². The molecule has 0 saturated carbocycles. The fraction of sp³-hybridized carbons (Fsp3) is 0.263. The van der Waals surface area contributed by atoms with Crippen LogP contribution in [0.25, 0.3) is 0 Å². The molecule has 9 heteroatoms. The summed E-state index contributed by atoms with van der Waals surface area (Å²) >= 11 is 5.91. The van der Waals surface area contributed by atoms with Crippen LogP contribution in [0.4, 0.5) is 11.4 Å². The molecule has 0 bridgehead atoms. The Bertz CT molecular complexity index is 883. The third-order valence-corrected chi connectivity index (χ3v) is 4.71. The first-order valence-electron chi connectivity index (χ1n) is 8.74. The molecule has 28 heavy (non-hydrogen) atoms. The van der Waals surface area contributed by atoms with Gasteiger partial charge in [0.25, 0.3) is 11.6 Å². The van der Waals surface area contributed by atoms with Crippen LogP contribution in [0.2, 0.25) is 5.02 Å². The molecule has 2 amide bonds. The number of hydrogen-bond donors (Lipinski definition) is 1. The molecular weight excluding hydrogens is 384 g/mol. The van der Waals surface area contributed by atoms with Crippen LogP contribution in [0.15, 0.2) is 48.5 Å². The topological polar surface area (TPSA) is 95.8 Å². The number of benzene rings is 2. The third-order valence-electron chi connectivity index (χ3n) is 4.47. The van der Waals surface area contributed by atoms with Crippen LogP contribution in [-0.4, -0.2) is 59.3 Å². The Labute approximate surface area is 166 Å². The summed E-state index contributed by atoms with van der Waals surface area (Å²) in [6, 6.07) is 13.1. The Morgan fingerprint density at radius 2 is 1.75 bits per heavy atom. The monoisotopic (exact) mass is 402 g/mol. The van der Waals surface area contributed by atoms with Crippen LogP contribution >= 0.6 is 11.6 Å². The lowest BCUT2D eigenvalue weighted by molar-refractivity contribution is -0.385. The van der Waals surface area contributed by atoms with E-state index in [0.29, 0.717) is 26.2 Å². The number of halogens is 1. The quantitative estimate of drug-likeness (QED) is 0.612. The summed E-state index contributed by atoms with van der Waals surface area (Å²) in [5.41, 5.74) is 0.446. The first-order valence-corrected chi connectivity index (χ1v) is 9.12. The van der Waals surface area contributed by atoms with E-state index >= 15 is 0 Å². The molecule has 1 heterocycles. The van der Waals surface area contributed by atoms with E-state index in [1.807, 2.05) is 35.2 Å². The Hall–Kier alpha value is -2.97. The maximum absolute atomic E-state index is 12.7. The van der Waals surface area contributed by atoms with E-state index in [4.69, 9.17) is 11.6 Å². The van der Waals surface area contributed by atoms with E-state index in [1.165, 1.54) is 18.2 Å². The van der Waals surface area contributed by atoms with Crippen molar-refractivity contribution in [2.24, 2.45) is 0 Å². The van der Waals surface area contributed by atoms with Gasteiger partial charge in [0.2, 0.25) is 5.91 Å². The molecule has 8 nitrogen and oxygen atoms in total. The molecule has 0 spiro atoms. The minimum atomic E-state index is -0.590. The van der Waals surface area contributed by atoms with Gasteiger partial charge in [0.15, 0.2) is 0 Å². The second-order valence-corrected chi connectivity index (χ2v) is 6.84. The summed E-state index contributed by atoms with van der Waals surface area (Å²) in [6.07, 6.45) is 0. The second kappa shape index (κ2) is 8.81. The molecule has 146 valence electrons. The number of nitro groups is 1. The molecule has 1 fully saturated rings. The van der Waals surface area contributed by atoms with Crippen LogP contribution in [-0.2, 0) is 4.79 Å². The number of nitro benzene ring substituents is 1. The summed E-state index contributed by atoms with van der Waals surface area (Å²) in [6.45, 7) is 1.97. The summed E-state index contributed by atoms with van der Waals surface area (Å²) in [5.74, 6) is -0.556. The number of para-hydroxylation sites is 1. The summed E-state index contributed by atoms with van der Waals surface area (Å²) in [7, 11) is 0. The van der Waals surface area contributed by atoms with Crippen LogP contribution in [0.5, 0.6) is 0 Å². The Morgan fingerprint density at radius 3 is 2.39 bits per heavy atom. The SMILES string of the molecule is O=C(CN1CCN(C(=O)c2cc(Cl)ccc2[N+](=O)[O-])CC1)Nc1ccccc1. The molecule has 1 N–H and O–H groups in total. The van der Waals surface area contributed by atoms with Crippen LogP contribution < -0.4 is 5.32 Å². The van der Waals surface area contributed by atoms with E-state index in [1.54, 1.807) is 4.90 Å². The fourth-order valence-electron chi connectivity index (χ4n) is 3.04. The number of nitrogens with one attached hydrogen (secondary N) is 1. The van der Waals surface area contributed by atoms with Crippen molar-refractivity contribution in [2.75, 3.05) is 38.0 Å². The maximum atomic E-state index is 12.7. The molecule has 0 unspecified atom stereocenters. The standard InChI is InChI=1S/C19H19ClN4O4/c20-14-6-7-17(24(27)28)16(12-14)19(26)23-10-8-22(9-11-23)13-18(25)21-15-4-2-1-3-5-15/h1-7,12H,8-11,13H2,(H,21,25). The molecule has 0 atom stereocenters. The molecule has 2 aromatic carbocycles. The van der Waals surface area contributed by atoms with Crippen molar-refractivity contribution < 1.29 is 14.5 Å². The highest BCUT2D eigenvalue weighted by Crippen LogP contribution is 2.24. The number of carbonyl (C=O) groups excluding carboxylic acids is 2. The highest BCUT2D eigenvalue weighted by molar-refractivity contribution is 6.31. The number of hydrogen-bond acceptors (Lipinski definition) is 5. The minimum Gasteiger partial charge on any atom is -0.336 e. The Balaban J connectivity index is 1.57. The van der Waals surface area contributed by atoms with Crippen molar-refractivity contribution in [3.8, 4) is 0 Å². The van der Waals surface area contributed by atoms with Gasteiger partial charge in [0, 0.05) is 43.0 Å². The average molecular weight is 403 g/mol. The van der Waals surface area contributed by atoms with Gasteiger partial charge in [-0.3, -0.25) is 24.6 Å². The molecular formula is C19H19ClN4O4. The molecule has 3 rings (SSSR count). The molecule has 0 radical (unpaired) electrons. The minimum absolute atomic E-state index is 0.0206. The van der Waals surface area contributed by atoms with Gasteiger partial charge < -0.3 is 10.2 Å². The number of amides is 2. The van der Waals surface area contributed by atoms with Gasteiger partial charge in [-0.25, -0.2) is 0 Å². The normalized spacial score (nSPS) is 14.5. The van der Waals surface area contributed by atoms with Gasteiger partial charge in [-0.15, -0.1) is 0 Å². The van der Waals surface area contributed by atoms with Crippen molar-refractivity contribution in [3.63, 3.8) is 0 Å². The Kier molecular flexibility index (Phi) is 6.23. The molecule has 1 saturated heterocycles. The van der Waals surface area contributed by atoms with E-state index in [-0.39, 0.29) is 28.7 Å². The number of nitrogens with zero attached hydrogens (tertiary/aromatic N) is 3. The lowest BCUT2D eigenvalue weighted by atomic mass is 10.1. The predicted molar refractivity (Wildman–Crippen MR) is 106 cm³/mol. The zero-order valence-corrected chi connectivity index (χ0v) is 15.8. The predicted octanol–water partition coefficient (Wildman–Crippen LogP) is 2.64. The maximum Gasteiger partial charge on any atom is 0.282 e. The third kappa shape index (κ3) is 4.85. The average Bonchev–Trinajstić information content (AvgIpc) is 2.68. The molecule has 0 aromatic heterocycles. The summed E-state index contributed by atoms with van der Waals surface area (Å²) in [4.78, 5) is 38.9. The van der Waals surface area contributed by atoms with E-state index < -0.39 is 10.8 Å². The highest BCUT2D eigenvalue weighted by atomic mass is 35.5. The lowest BCUT2D eigenvalue weighted by Crippen LogP contribution is -2.50. The first kappa shape index (κ1) is 19.8. The van der Waals surface area contributed by atoms with Crippen molar-refractivity contribution in [1.29, 1.82) is 0 Å². The van der Waals surface area contributed by atoms with Crippen molar-refractivity contribution >= 4 is 34.8 Å². The first-order chi connectivity index (χ1) is 13.4. The molecule has 1 aliphatic rings. The van der Waals surface area contributed by atoms with Gasteiger partial charge in [-0.05, 0) is 24.3 Å². The van der Waals surface area contributed by atoms with E-state index in [9.17, 15) is 19.7 Å². The molecule has 0 aliphatic carbocycles. The van der Waals surface area contributed by atoms with Crippen molar-refractivity contribution in [1.82, 2.24) is 9.80 Å². The van der Waals surface area contributed by atoms with Gasteiger partial charge in [0.05, 0.1) is 11.5 Å². The molecule has 1 aliphatic heterocycles. The van der Waals surface area contributed by atoms with Gasteiger partial charge >= 0.3 is 0 Å². The fourth-order valence-corrected chi connectivity index (χ4v) is 3.22. The lowest BCUT2D eigenvalue weighted by Gasteiger charge is -2.34. The van der Waals surface area contributed by atoms with Crippen LogP contribution in [0.1, 0.15) is 10.4 Å². The smallest absolute Gasteiger partial charge is 0.282 e. The van der Waals surface area contributed by atoms with Gasteiger partial charge in [-0.2, -0.15) is 0 Å². The van der Waals surface area contributed by atoms with E-state index in [0.717, 1.165) is 5.69 Å². The Morgan fingerprint density at radius 1 is 1.07 bits per heavy atom. The summed E-state index contributed by atoms with van der Waals surface area (Å²) in [5, 5.41) is 14.3. The van der Waals surface area contributed by atoms with Gasteiger partial charge in [-0.1, -0.05) is 29.8 Å². The number of anilines is 1.